The third-order valence-corrected chi connectivity index (χ3v) is 8.58. The fraction of sp³-hybridized carbons (Fsp3) is 0.714. The highest BCUT2D eigenvalue weighted by Gasteiger charge is 2.51. The number of aliphatic hydroxyl groups is 2. The summed E-state index contributed by atoms with van der Waals surface area (Å²) in [5, 5.41) is 20.1. The normalized spacial score (nSPS) is 35.9. The van der Waals surface area contributed by atoms with Crippen LogP contribution in [0.5, 0.6) is 0 Å². The number of fused-ring (bicyclic) bond motifs is 1. The van der Waals surface area contributed by atoms with Crippen molar-refractivity contribution in [1.29, 1.82) is 0 Å². The van der Waals surface area contributed by atoms with Gasteiger partial charge < -0.3 is 10.2 Å². The highest BCUT2D eigenvalue weighted by molar-refractivity contribution is 5.36. The Bertz CT molecular complexity index is 800. The van der Waals surface area contributed by atoms with Crippen LogP contribution >= 0.6 is 0 Å². The monoisotopic (exact) mass is 466 g/mol. The van der Waals surface area contributed by atoms with Gasteiger partial charge in [-0.05, 0) is 94.0 Å². The third kappa shape index (κ3) is 5.85. The fourth-order valence-corrected chi connectivity index (χ4v) is 6.70. The summed E-state index contributed by atoms with van der Waals surface area (Å²) >= 11 is 0. The maximum absolute atomic E-state index is 13.5. The van der Waals surface area contributed by atoms with Crippen LogP contribution in [0.15, 0.2) is 47.6 Å². The summed E-state index contributed by atoms with van der Waals surface area (Å²) in [5.41, 5.74) is 1.92. The SMILES string of the molecule is C=C1CC[C@H](O)C/C1=C\C=C1/CCC[C@]2(C)[C@@H]([C@H](C)/C=C/C(C(C)(C)O)C(F)(F)F)CC[C@@H]12. The largest absolute Gasteiger partial charge is 0.397 e. The van der Waals surface area contributed by atoms with E-state index in [-0.39, 0.29) is 17.4 Å². The number of allylic oxidation sites excluding steroid dienone is 5. The van der Waals surface area contributed by atoms with Crippen molar-refractivity contribution in [3.8, 4) is 0 Å². The van der Waals surface area contributed by atoms with Crippen LogP contribution in [0.1, 0.15) is 79.1 Å². The Kier molecular flexibility index (Phi) is 7.75. The number of alkyl halides is 3. The quantitative estimate of drug-likeness (QED) is 0.417. The predicted octanol–water partition coefficient (Wildman–Crippen LogP) is 7.30. The highest BCUT2D eigenvalue weighted by Crippen LogP contribution is 2.59. The minimum Gasteiger partial charge on any atom is -0.393 e. The summed E-state index contributed by atoms with van der Waals surface area (Å²) in [6.07, 6.45) is 10.1. The zero-order valence-electron chi connectivity index (χ0n) is 20.6. The maximum atomic E-state index is 13.5. The van der Waals surface area contributed by atoms with Gasteiger partial charge in [0.1, 0.15) is 5.92 Å². The zero-order chi connectivity index (χ0) is 24.6. The lowest BCUT2D eigenvalue weighted by atomic mass is 9.61. The minimum absolute atomic E-state index is 0.0122. The van der Waals surface area contributed by atoms with Crippen molar-refractivity contribution in [3.05, 3.63) is 47.6 Å². The number of rotatable bonds is 5. The van der Waals surface area contributed by atoms with Crippen LogP contribution in [0.25, 0.3) is 0 Å². The van der Waals surface area contributed by atoms with Crippen LogP contribution in [0.2, 0.25) is 0 Å². The summed E-state index contributed by atoms with van der Waals surface area (Å²) in [4.78, 5) is 0. The molecule has 6 atom stereocenters. The van der Waals surface area contributed by atoms with E-state index >= 15 is 0 Å². The molecular weight excluding hydrogens is 425 g/mol. The second-order valence-corrected chi connectivity index (χ2v) is 11.4. The van der Waals surface area contributed by atoms with Gasteiger partial charge in [-0.3, -0.25) is 0 Å². The van der Waals surface area contributed by atoms with Crippen molar-refractivity contribution in [1.82, 2.24) is 0 Å². The van der Waals surface area contributed by atoms with Crippen molar-refractivity contribution in [2.75, 3.05) is 0 Å². The van der Waals surface area contributed by atoms with Gasteiger partial charge in [0.2, 0.25) is 0 Å². The first-order chi connectivity index (χ1) is 15.2. The molecular formula is C28H41F3O2. The van der Waals surface area contributed by atoms with Gasteiger partial charge in [-0.2, -0.15) is 13.2 Å². The highest BCUT2D eigenvalue weighted by atomic mass is 19.4. The topological polar surface area (TPSA) is 40.5 Å². The van der Waals surface area contributed by atoms with E-state index < -0.39 is 17.7 Å². The molecule has 2 N–H and O–H groups in total. The molecule has 3 aliphatic rings. The Morgan fingerprint density at radius 3 is 2.42 bits per heavy atom. The molecule has 5 heteroatoms. The first-order valence-corrected chi connectivity index (χ1v) is 12.5. The van der Waals surface area contributed by atoms with Gasteiger partial charge >= 0.3 is 6.18 Å². The van der Waals surface area contributed by atoms with Gasteiger partial charge in [-0.15, -0.1) is 0 Å². The number of hydrogen-bond donors (Lipinski definition) is 2. The molecule has 0 aromatic rings. The molecule has 0 spiro atoms. The molecule has 0 aliphatic heterocycles. The molecule has 3 rings (SSSR count). The van der Waals surface area contributed by atoms with E-state index in [1.54, 1.807) is 6.08 Å². The van der Waals surface area contributed by atoms with Crippen molar-refractivity contribution < 1.29 is 23.4 Å². The van der Waals surface area contributed by atoms with Crippen molar-refractivity contribution in [3.63, 3.8) is 0 Å². The van der Waals surface area contributed by atoms with Gasteiger partial charge in [-0.25, -0.2) is 0 Å². The Hall–Kier alpha value is -1.33. The standard InChI is InChI=1S/C28H41F3O2/c1-18-8-12-22(32)17-21(18)11-10-20-7-6-16-27(5)23(13-14-24(20)27)19(2)9-15-25(26(3,4)33)28(29,30)31/h9-11,15,19,22-25,32-33H,1,6-8,12-14,16-17H2,2-5H3/b15-9+,20-10+,21-11+/t19-,22+,23-,24+,25?,27-/m1/s1. The van der Waals surface area contributed by atoms with E-state index in [1.807, 2.05) is 6.92 Å². The molecule has 0 radical (unpaired) electrons. The summed E-state index contributed by atoms with van der Waals surface area (Å²) in [6.45, 7) is 11.0. The van der Waals surface area contributed by atoms with E-state index in [0.717, 1.165) is 56.1 Å². The first-order valence-electron chi connectivity index (χ1n) is 12.5. The summed E-state index contributed by atoms with van der Waals surface area (Å²) in [5.74, 6) is -1.10. The molecule has 1 unspecified atom stereocenters. The minimum atomic E-state index is -4.47. The van der Waals surface area contributed by atoms with Crippen LogP contribution in [0.3, 0.4) is 0 Å². The lowest BCUT2D eigenvalue weighted by Crippen LogP contribution is -2.40. The Morgan fingerprint density at radius 1 is 1.09 bits per heavy atom. The van der Waals surface area contributed by atoms with Crippen LogP contribution < -0.4 is 0 Å². The molecule has 0 amide bonds. The van der Waals surface area contributed by atoms with Crippen molar-refractivity contribution >= 4 is 0 Å². The predicted molar refractivity (Wildman–Crippen MR) is 127 cm³/mol. The summed E-state index contributed by atoms with van der Waals surface area (Å²) in [7, 11) is 0. The van der Waals surface area contributed by atoms with E-state index in [9.17, 15) is 23.4 Å². The average molecular weight is 467 g/mol. The number of hydrogen-bond acceptors (Lipinski definition) is 2. The van der Waals surface area contributed by atoms with Crippen LogP contribution in [-0.4, -0.2) is 28.1 Å². The number of aliphatic hydroxyl groups excluding tert-OH is 1. The Morgan fingerprint density at radius 2 is 1.79 bits per heavy atom. The van der Waals surface area contributed by atoms with Crippen LogP contribution in [0.4, 0.5) is 13.2 Å². The van der Waals surface area contributed by atoms with Gasteiger partial charge in [0, 0.05) is 0 Å². The van der Waals surface area contributed by atoms with Gasteiger partial charge in [0.25, 0.3) is 0 Å². The molecule has 0 bridgehead atoms. The second-order valence-electron chi connectivity index (χ2n) is 11.4. The molecule has 33 heavy (non-hydrogen) atoms. The van der Waals surface area contributed by atoms with E-state index in [2.05, 4.69) is 25.7 Å². The van der Waals surface area contributed by atoms with E-state index in [4.69, 9.17) is 0 Å². The maximum Gasteiger partial charge on any atom is 0.397 e. The molecule has 0 aromatic heterocycles. The smallest absolute Gasteiger partial charge is 0.393 e. The van der Waals surface area contributed by atoms with Crippen molar-refractivity contribution in [2.24, 2.45) is 29.1 Å². The molecule has 3 aliphatic carbocycles. The van der Waals surface area contributed by atoms with Crippen LogP contribution in [-0.2, 0) is 0 Å². The fourth-order valence-electron chi connectivity index (χ4n) is 6.70. The van der Waals surface area contributed by atoms with E-state index in [1.165, 1.54) is 25.5 Å². The zero-order valence-corrected chi connectivity index (χ0v) is 20.6. The molecule has 3 saturated carbocycles. The van der Waals surface area contributed by atoms with Gasteiger partial charge in [0.05, 0.1) is 11.7 Å². The van der Waals surface area contributed by atoms with E-state index in [0.29, 0.717) is 18.3 Å². The molecule has 0 saturated heterocycles. The molecule has 2 nitrogen and oxygen atoms in total. The van der Waals surface area contributed by atoms with Crippen LogP contribution in [0, 0.1) is 29.1 Å². The van der Waals surface area contributed by atoms with Crippen molar-refractivity contribution in [2.45, 2.75) is 96.9 Å². The van der Waals surface area contributed by atoms with Gasteiger partial charge in [-0.1, -0.05) is 55.9 Å². The first kappa shape index (κ1) is 26.3. The third-order valence-electron chi connectivity index (χ3n) is 8.58. The number of halogens is 3. The molecule has 0 heterocycles. The lowest BCUT2D eigenvalue weighted by Gasteiger charge is -2.44. The summed E-state index contributed by atoms with van der Waals surface area (Å²) in [6, 6.07) is 0. The van der Waals surface area contributed by atoms with Gasteiger partial charge in [0.15, 0.2) is 0 Å². The summed E-state index contributed by atoms with van der Waals surface area (Å²) < 4.78 is 40.4. The molecule has 0 aromatic carbocycles. The molecule has 186 valence electrons. The lowest BCUT2D eigenvalue weighted by molar-refractivity contribution is -0.202. The Balaban J connectivity index is 1.78. The molecule has 3 fully saturated rings. The Labute approximate surface area is 197 Å². The average Bonchev–Trinajstić information content (AvgIpc) is 3.04. The second kappa shape index (κ2) is 9.73.